The maximum Gasteiger partial charge on any atom is 0.231 e. The summed E-state index contributed by atoms with van der Waals surface area (Å²) in [5, 5.41) is 7.39. The topological polar surface area (TPSA) is 131 Å². The third kappa shape index (κ3) is 3.67. The van der Waals surface area contributed by atoms with Gasteiger partial charge in [0, 0.05) is 30.6 Å². The number of anilines is 3. The highest BCUT2D eigenvalue weighted by molar-refractivity contribution is 7.90. The van der Waals surface area contributed by atoms with Gasteiger partial charge in [0.2, 0.25) is 5.95 Å². The van der Waals surface area contributed by atoms with Crippen molar-refractivity contribution < 1.29 is 12.8 Å². The van der Waals surface area contributed by atoms with Gasteiger partial charge >= 0.3 is 0 Å². The Morgan fingerprint density at radius 3 is 2.58 bits per heavy atom. The predicted molar refractivity (Wildman–Crippen MR) is 116 cm³/mol. The number of benzene rings is 1. The van der Waals surface area contributed by atoms with E-state index in [1.807, 2.05) is 0 Å². The van der Waals surface area contributed by atoms with Crippen molar-refractivity contribution in [3.05, 3.63) is 47.5 Å². The number of hydrogen-bond donors (Lipinski definition) is 2. The number of nitrogens with zero attached hydrogens (tertiary/aromatic N) is 5. The molecular weight excluding hydrogens is 421 g/mol. The van der Waals surface area contributed by atoms with E-state index in [0.29, 0.717) is 33.5 Å². The minimum Gasteiger partial charge on any atom is -0.383 e. The Kier molecular flexibility index (Phi) is 4.85. The van der Waals surface area contributed by atoms with Gasteiger partial charge in [-0.2, -0.15) is 10.1 Å². The summed E-state index contributed by atoms with van der Waals surface area (Å²) in [7, 11) is -1.68. The normalized spacial score (nSPS) is 11.8. The van der Waals surface area contributed by atoms with Gasteiger partial charge in [0.25, 0.3) is 0 Å². The van der Waals surface area contributed by atoms with Crippen molar-refractivity contribution in [2.75, 3.05) is 23.9 Å². The van der Waals surface area contributed by atoms with Crippen LogP contribution in [0.5, 0.6) is 0 Å². The fourth-order valence-electron chi connectivity index (χ4n) is 3.26. The highest BCUT2D eigenvalue weighted by Crippen LogP contribution is 2.32. The fraction of sp³-hybridized carbons (Fsp3) is 0.200. The van der Waals surface area contributed by atoms with Crippen LogP contribution in [0.25, 0.3) is 22.3 Å². The number of fused-ring (bicyclic) bond motifs is 1. The second kappa shape index (κ2) is 7.27. The average Bonchev–Trinajstić information content (AvgIpc) is 3.09. The lowest BCUT2D eigenvalue weighted by Crippen LogP contribution is -2.15. The van der Waals surface area contributed by atoms with Gasteiger partial charge in [0.1, 0.15) is 11.6 Å². The molecule has 9 nitrogen and oxygen atoms in total. The van der Waals surface area contributed by atoms with Gasteiger partial charge in [-0.1, -0.05) is 6.07 Å². The molecular formula is C20H20FN7O2S. The Morgan fingerprint density at radius 1 is 1.16 bits per heavy atom. The van der Waals surface area contributed by atoms with Crippen LogP contribution in [-0.4, -0.2) is 46.9 Å². The molecule has 0 bridgehead atoms. The highest BCUT2D eigenvalue weighted by atomic mass is 32.2. The molecule has 4 aromatic rings. The molecule has 0 fully saturated rings. The molecule has 3 N–H and O–H groups in total. The van der Waals surface area contributed by atoms with Crippen molar-refractivity contribution in [1.29, 1.82) is 0 Å². The van der Waals surface area contributed by atoms with Crippen molar-refractivity contribution in [2.45, 2.75) is 18.7 Å². The molecule has 0 aliphatic rings. The average molecular weight is 441 g/mol. The first-order valence-corrected chi connectivity index (χ1v) is 11.1. The monoisotopic (exact) mass is 441 g/mol. The van der Waals surface area contributed by atoms with Crippen LogP contribution in [0.4, 0.5) is 21.8 Å². The first kappa shape index (κ1) is 20.7. The maximum atomic E-state index is 14.0. The number of nitrogen functional groups attached to an aromatic ring is 1. The molecule has 0 saturated carbocycles. The van der Waals surface area contributed by atoms with E-state index < -0.39 is 15.7 Å². The van der Waals surface area contributed by atoms with Crippen molar-refractivity contribution in [3.8, 4) is 11.3 Å². The molecule has 4 rings (SSSR count). The quantitative estimate of drug-likeness (QED) is 0.494. The number of aromatic amines is 1. The second-order valence-corrected chi connectivity index (χ2v) is 9.26. The van der Waals surface area contributed by atoms with Gasteiger partial charge in [-0.25, -0.2) is 22.8 Å². The zero-order valence-corrected chi connectivity index (χ0v) is 18.1. The van der Waals surface area contributed by atoms with Crippen LogP contribution in [0.3, 0.4) is 0 Å². The van der Waals surface area contributed by atoms with Crippen molar-refractivity contribution in [2.24, 2.45) is 0 Å². The standard InChI is InChI=1S/C20H20FN7O2S/c1-10-5-6-12(7-16(10)31(4,29)30)28(3)20-23-9-14(18(22)25-20)17-13-8-15(21)11(2)24-19(13)27-26-17/h5-9H,1-4H3,(H2,22,23,25)(H,24,26,27). The van der Waals surface area contributed by atoms with Crippen LogP contribution in [0.15, 0.2) is 35.4 Å². The third-order valence-corrected chi connectivity index (χ3v) is 6.25. The number of H-pyrrole nitrogens is 1. The molecule has 0 atom stereocenters. The van der Waals surface area contributed by atoms with Gasteiger partial charge in [-0.15, -0.1) is 0 Å². The van der Waals surface area contributed by atoms with Gasteiger partial charge < -0.3 is 10.6 Å². The summed E-state index contributed by atoms with van der Waals surface area (Å²) in [5.74, 6) is -0.0283. The van der Waals surface area contributed by atoms with E-state index in [1.54, 1.807) is 44.0 Å². The minimum atomic E-state index is -3.38. The SMILES string of the molecule is Cc1ccc(N(C)c2ncc(-c3[nH]nc4nc(C)c(F)cc34)c(N)n2)cc1S(C)(=O)=O. The maximum absolute atomic E-state index is 14.0. The van der Waals surface area contributed by atoms with Gasteiger partial charge in [0.05, 0.1) is 21.8 Å². The molecule has 0 unspecified atom stereocenters. The number of aromatic nitrogens is 5. The first-order chi connectivity index (χ1) is 14.6. The lowest BCUT2D eigenvalue weighted by atomic mass is 10.1. The van der Waals surface area contributed by atoms with Crippen molar-refractivity contribution >= 4 is 38.3 Å². The van der Waals surface area contributed by atoms with E-state index in [2.05, 4.69) is 25.1 Å². The second-order valence-electron chi connectivity index (χ2n) is 7.28. The Labute approximate surface area is 178 Å². The predicted octanol–water partition coefficient (Wildman–Crippen LogP) is 2.92. The van der Waals surface area contributed by atoms with E-state index in [1.165, 1.54) is 12.3 Å². The number of rotatable bonds is 4. The molecule has 31 heavy (non-hydrogen) atoms. The zero-order chi connectivity index (χ0) is 22.5. The molecule has 3 heterocycles. The van der Waals surface area contributed by atoms with Crippen LogP contribution in [0.1, 0.15) is 11.3 Å². The number of sulfone groups is 1. The van der Waals surface area contributed by atoms with Crippen molar-refractivity contribution in [3.63, 3.8) is 0 Å². The molecule has 0 radical (unpaired) electrons. The minimum absolute atomic E-state index is 0.152. The van der Waals surface area contributed by atoms with Crippen LogP contribution >= 0.6 is 0 Å². The van der Waals surface area contributed by atoms with Crippen LogP contribution in [0, 0.1) is 19.7 Å². The summed E-state index contributed by atoms with van der Waals surface area (Å²) in [6, 6.07) is 6.41. The van der Waals surface area contributed by atoms with E-state index in [4.69, 9.17) is 5.73 Å². The molecule has 0 amide bonds. The molecule has 160 valence electrons. The molecule has 0 aliphatic carbocycles. The van der Waals surface area contributed by atoms with E-state index in [0.717, 1.165) is 6.26 Å². The number of nitrogens with two attached hydrogens (primary N) is 1. The Balaban J connectivity index is 1.74. The summed E-state index contributed by atoms with van der Waals surface area (Å²) in [6.07, 6.45) is 2.67. The van der Waals surface area contributed by atoms with Gasteiger partial charge in [-0.05, 0) is 37.6 Å². The first-order valence-electron chi connectivity index (χ1n) is 9.25. The van der Waals surface area contributed by atoms with Crippen molar-refractivity contribution in [1.82, 2.24) is 25.1 Å². The lowest BCUT2D eigenvalue weighted by molar-refractivity contribution is 0.601. The summed E-state index contributed by atoms with van der Waals surface area (Å²) in [5.41, 5.74) is 8.94. The number of aryl methyl sites for hydroxylation is 2. The summed E-state index contributed by atoms with van der Waals surface area (Å²) < 4.78 is 38.1. The lowest BCUT2D eigenvalue weighted by Gasteiger charge is -2.19. The fourth-order valence-corrected chi connectivity index (χ4v) is 4.25. The summed E-state index contributed by atoms with van der Waals surface area (Å²) in [4.78, 5) is 14.7. The number of hydrogen-bond acceptors (Lipinski definition) is 8. The number of halogens is 1. The van der Waals surface area contributed by atoms with Crippen LogP contribution in [0.2, 0.25) is 0 Å². The van der Waals surface area contributed by atoms with E-state index in [9.17, 15) is 12.8 Å². The highest BCUT2D eigenvalue weighted by Gasteiger charge is 2.18. The summed E-state index contributed by atoms with van der Waals surface area (Å²) in [6.45, 7) is 3.29. The third-order valence-electron chi connectivity index (χ3n) is 5.01. The molecule has 1 aromatic carbocycles. The van der Waals surface area contributed by atoms with Gasteiger partial charge in [0.15, 0.2) is 15.5 Å². The Morgan fingerprint density at radius 2 is 1.90 bits per heavy atom. The molecule has 0 spiro atoms. The summed E-state index contributed by atoms with van der Waals surface area (Å²) >= 11 is 0. The smallest absolute Gasteiger partial charge is 0.231 e. The van der Waals surface area contributed by atoms with Crippen LogP contribution in [-0.2, 0) is 9.84 Å². The largest absolute Gasteiger partial charge is 0.383 e. The molecule has 0 saturated heterocycles. The molecule has 3 aromatic heterocycles. The zero-order valence-electron chi connectivity index (χ0n) is 17.3. The Bertz CT molecular complexity index is 1430. The van der Waals surface area contributed by atoms with E-state index in [-0.39, 0.29) is 22.4 Å². The number of pyridine rings is 1. The molecule has 11 heteroatoms. The van der Waals surface area contributed by atoms with E-state index >= 15 is 0 Å². The van der Waals surface area contributed by atoms with Crippen LogP contribution < -0.4 is 10.6 Å². The number of nitrogens with one attached hydrogen (secondary N) is 1. The molecule has 0 aliphatic heterocycles. The van der Waals surface area contributed by atoms with Gasteiger partial charge in [-0.3, -0.25) is 5.10 Å². The Hall–Kier alpha value is -3.60.